The Kier molecular flexibility index (Phi) is 6.36. The van der Waals surface area contributed by atoms with Gasteiger partial charge in [-0.1, -0.05) is 12.1 Å². The second-order valence-corrected chi connectivity index (χ2v) is 6.02. The molecule has 2 aromatic carbocycles. The Balaban J connectivity index is 1.66. The lowest BCUT2D eigenvalue weighted by Gasteiger charge is -2.12. The maximum atomic E-state index is 12.1. The number of rotatable bonds is 7. The predicted octanol–water partition coefficient (Wildman–Crippen LogP) is 3.48. The molecule has 0 aliphatic rings. The predicted molar refractivity (Wildman–Crippen MR) is 112 cm³/mol. The number of nitrogens with two attached hydrogens (primary N) is 1. The summed E-state index contributed by atoms with van der Waals surface area (Å²) in [6.07, 6.45) is 1.45. The minimum Gasteiger partial charge on any atom is -0.497 e. The van der Waals surface area contributed by atoms with Crippen molar-refractivity contribution in [3.8, 4) is 11.5 Å². The number of hydrogen-bond donors (Lipinski definition) is 3. The van der Waals surface area contributed by atoms with Crippen LogP contribution in [0.25, 0.3) is 0 Å². The third kappa shape index (κ3) is 5.29. The molecule has 0 spiro atoms. The number of hydrogen-bond acceptors (Lipinski definition) is 5. The van der Waals surface area contributed by atoms with E-state index in [2.05, 4.69) is 15.6 Å². The molecule has 8 heteroatoms. The van der Waals surface area contributed by atoms with Crippen LogP contribution < -0.4 is 25.8 Å². The first-order chi connectivity index (χ1) is 14.1. The molecular weight excluding hydrogens is 372 g/mol. The van der Waals surface area contributed by atoms with E-state index in [1.807, 2.05) is 18.2 Å². The molecule has 0 saturated carbocycles. The molecule has 0 unspecified atom stereocenters. The summed E-state index contributed by atoms with van der Waals surface area (Å²) in [5.41, 5.74) is 8.18. The SMILES string of the molecule is COc1ccc(OC)c(NC(N)=NCc2cccc(NC(=O)c3ccco3)c2)c1. The van der Waals surface area contributed by atoms with Gasteiger partial charge in [-0.25, -0.2) is 4.99 Å². The fourth-order valence-corrected chi connectivity index (χ4v) is 2.61. The van der Waals surface area contributed by atoms with Crippen molar-refractivity contribution >= 4 is 23.2 Å². The number of furan rings is 1. The van der Waals surface area contributed by atoms with Crippen molar-refractivity contribution in [1.29, 1.82) is 0 Å². The van der Waals surface area contributed by atoms with Crippen molar-refractivity contribution < 1.29 is 18.7 Å². The lowest BCUT2D eigenvalue weighted by Crippen LogP contribution is -2.23. The number of carbonyl (C=O) groups excluding carboxylic acids is 1. The number of anilines is 2. The summed E-state index contributed by atoms with van der Waals surface area (Å²) < 4.78 is 15.6. The van der Waals surface area contributed by atoms with Crippen LogP contribution in [-0.4, -0.2) is 26.1 Å². The molecule has 0 aliphatic carbocycles. The van der Waals surface area contributed by atoms with Crippen LogP contribution in [0.2, 0.25) is 0 Å². The first-order valence-electron chi connectivity index (χ1n) is 8.82. The average Bonchev–Trinajstić information content (AvgIpc) is 3.27. The quantitative estimate of drug-likeness (QED) is 0.418. The Morgan fingerprint density at radius 3 is 2.66 bits per heavy atom. The van der Waals surface area contributed by atoms with Gasteiger partial charge < -0.3 is 30.3 Å². The third-order valence-corrected chi connectivity index (χ3v) is 4.03. The molecule has 1 heterocycles. The van der Waals surface area contributed by atoms with Crippen molar-refractivity contribution in [1.82, 2.24) is 0 Å². The van der Waals surface area contributed by atoms with Gasteiger partial charge in [-0.15, -0.1) is 0 Å². The van der Waals surface area contributed by atoms with Gasteiger partial charge in [0.1, 0.15) is 11.5 Å². The average molecular weight is 394 g/mol. The lowest BCUT2D eigenvalue weighted by molar-refractivity contribution is 0.0996. The van der Waals surface area contributed by atoms with Gasteiger partial charge in [-0.2, -0.15) is 0 Å². The van der Waals surface area contributed by atoms with Crippen LogP contribution in [0.5, 0.6) is 11.5 Å². The summed E-state index contributed by atoms with van der Waals surface area (Å²) >= 11 is 0. The molecule has 3 rings (SSSR count). The molecule has 1 aromatic heterocycles. The summed E-state index contributed by atoms with van der Waals surface area (Å²) in [5, 5.41) is 5.79. The van der Waals surface area contributed by atoms with Gasteiger partial charge in [0.2, 0.25) is 0 Å². The van der Waals surface area contributed by atoms with Crippen molar-refractivity contribution in [2.45, 2.75) is 6.54 Å². The molecule has 0 radical (unpaired) electrons. The van der Waals surface area contributed by atoms with E-state index >= 15 is 0 Å². The van der Waals surface area contributed by atoms with Crippen LogP contribution in [0.3, 0.4) is 0 Å². The molecular formula is C21H22N4O4. The van der Waals surface area contributed by atoms with Crippen LogP contribution >= 0.6 is 0 Å². The van der Waals surface area contributed by atoms with E-state index in [4.69, 9.17) is 19.6 Å². The van der Waals surface area contributed by atoms with Crippen molar-refractivity contribution in [3.05, 3.63) is 72.2 Å². The maximum absolute atomic E-state index is 12.1. The monoisotopic (exact) mass is 394 g/mol. The van der Waals surface area contributed by atoms with Gasteiger partial charge in [0.15, 0.2) is 11.7 Å². The van der Waals surface area contributed by atoms with Crippen molar-refractivity contribution in [3.63, 3.8) is 0 Å². The third-order valence-electron chi connectivity index (χ3n) is 4.03. The van der Waals surface area contributed by atoms with E-state index in [-0.39, 0.29) is 17.6 Å². The molecule has 3 aromatic rings. The fraction of sp³-hybridized carbons (Fsp3) is 0.143. The molecule has 1 amide bonds. The smallest absolute Gasteiger partial charge is 0.291 e. The summed E-state index contributed by atoms with van der Waals surface area (Å²) in [7, 11) is 3.16. The summed E-state index contributed by atoms with van der Waals surface area (Å²) in [6.45, 7) is 0.329. The number of nitrogens with one attached hydrogen (secondary N) is 2. The molecule has 0 fully saturated rings. The minimum atomic E-state index is -0.318. The first-order valence-corrected chi connectivity index (χ1v) is 8.82. The Bertz CT molecular complexity index is 1000. The van der Waals surface area contributed by atoms with E-state index in [1.165, 1.54) is 6.26 Å². The molecule has 0 saturated heterocycles. The Labute approximate surface area is 168 Å². The second-order valence-electron chi connectivity index (χ2n) is 6.02. The molecule has 0 aliphatic heterocycles. The summed E-state index contributed by atoms with van der Waals surface area (Å²) in [5.74, 6) is 1.44. The number of guanidine groups is 1. The van der Waals surface area contributed by atoms with E-state index in [1.54, 1.807) is 50.6 Å². The standard InChI is InChI=1S/C21H22N4O4/c1-27-16-8-9-18(28-2)17(12-16)25-21(22)23-13-14-5-3-6-15(11-14)24-20(26)19-7-4-10-29-19/h3-12H,13H2,1-2H3,(H,24,26)(H3,22,23,25). The zero-order valence-electron chi connectivity index (χ0n) is 16.1. The molecule has 0 bridgehead atoms. The van der Waals surface area contributed by atoms with Crippen LogP contribution in [0.1, 0.15) is 16.1 Å². The van der Waals surface area contributed by atoms with Crippen LogP contribution in [-0.2, 0) is 6.54 Å². The summed E-state index contributed by atoms with van der Waals surface area (Å²) in [6, 6.07) is 15.9. The molecule has 29 heavy (non-hydrogen) atoms. The highest BCUT2D eigenvalue weighted by Crippen LogP contribution is 2.28. The van der Waals surface area contributed by atoms with Gasteiger partial charge in [0, 0.05) is 11.8 Å². The van der Waals surface area contributed by atoms with Crippen LogP contribution in [0.15, 0.2) is 70.3 Å². The molecule has 0 atom stereocenters. The number of aliphatic imine (C=N–C) groups is 1. The number of amides is 1. The van der Waals surface area contributed by atoms with E-state index in [9.17, 15) is 4.79 Å². The fourth-order valence-electron chi connectivity index (χ4n) is 2.61. The maximum Gasteiger partial charge on any atom is 0.291 e. The summed E-state index contributed by atoms with van der Waals surface area (Å²) in [4.78, 5) is 16.4. The van der Waals surface area contributed by atoms with Crippen molar-refractivity contribution in [2.75, 3.05) is 24.9 Å². The van der Waals surface area contributed by atoms with Crippen LogP contribution in [0.4, 0.5) is 11.4 Å². The van der Waals surface area contributed by atoms with E-state index in [0.29, 0.717) is 29.4 Å². The van der Waals surface area contributed by atoms with Gasteiger partial charge in [0.05, 0.1) is 32.7 Å². The zero-order chi connectivity index (χ0) is 20.6. The highest BCUT2D eigenvalue weighted by atomic mass is 16.5. The topological polar surface area (TPSA) is 111 Å². The number of methoxy groups -OCH3 is 2. The number of ether oxygens (including phenoxy) is 2. The Morgan fingerprint density at radius 1 is 1.07 bits per heavy atom. The highest BCUT2D eigenvalue weighted by Gasteiger charge is 2.09. The first kappa shape index (κ1) is 19.8. The van der Waals surface area contributed by atoms with Crippen molar-refractivity contribution in [2.24, 2.45) is 10.7 Å². The van der Waals surface area contributed by atoms with Gasteiger partial charge in [-0.05, 0) is 42.0 Å². The Morgan fingerprint density at radius 2 is 1.93 bits per heavy atom. The lowest BCUT2D eigenvalue weighted by atomic mass is 10.2. The number of nitrogens with zero attached hydrogens (tertiary/aromatic N) is 1. The molecule has 150 valence electrons. The second kappa shape index (κ2) is 9.32. The largest absolute Gasteiger partial charge is 0.497 e. The highest BCUT2D eigenvalue weighted by molar-refractivity contribution is 6.02. The molecule has 4 N–H and O–H groups in total. The van der Waals surface area contributed by atoms with Gasteiger partial charge in [0.25, 0.3) is 5.91 Å². The minimum absolute atomic E-state index is 0.224. The van der Waals surface area contributed by atoms with E-state index < -0.39 is 0 Å². The zero-order valence-corrected chi connectivity index (χ0v) is 16.1. The van der Waals surface area contributed by atoms with Gasteiger partial charge in [-0.3, -0.25) is 4.79 Å². The normalized spacial score (nSPS) is 11.0. The Hall–Kier alpha value is -3.94. The number of carbonyl (C=O) groups is 1. The van der Waals surface area contributed by atoms with E-state index in [0.717, 1.165) is 5.56 Å². The van der Waals surface area contributed by atoms with Gasteiger partial charge >= 0.3 is 0 Å². The molecule has 8 nitrogen and oxygen atoms in total. The number of benzene rings is 2. The van der Waals surface area contributed by atoms with Crippen LogP contribution in [0, 0.1) is 0 Å².